The Balaban J connectivity index is 2.09. The lowest BCUT2D eigenvalue weighted by Gasteiger charge is -2.16. The summed E-state index contributed by atoms with van der Waals surface area (Å²) in [7, 11) is 1.60. The number of rotatable bonds is 3. The summed E-state index contributed by atoms with van der Waals surface area (Å²) in [5.41, 5.74) is 5.66. The molecule has 2 unspecified atom stereocenters. The van der Waals surface area contributed by atoms with Crippen molar-refractivity contribution < 1.29 is 9.47 Å². The molecule has 5 nitrogen and oxygen atoms in total. The first-order chi connectivity index (χ1) is 7.22. The van der Waals surface area contributed by atoms with Crippen LogP contribution in [0.1, 0.15) is 13.3 Å². The Morgan fingerprint density at radius 1 is 1.67 bits per heavy atom. The maximum absolute atomic E-state index is 5.66. The molecule has 0 bridgehead atoms. The average Bonchev–Trinajstić information content (AvgIpc) is 2.76. The van der Waals surface area contributed by atoms with Crippen LogP contribution in [0.25, 0.3) is 0 Å². The predicted molar refractivity (Wildman–Crippen MR) is 60.5 cm³/mol. The van der Waals surface area contributed by atoms with E-state index in [4.69, 9.17) is 15.2 Å². The highest BCUT2D eigenvalue weighted by atomic mass is 32.1. The molecule has 1 aliphatic rings. The molecule has 1 aromatic heterocycles. The van der Waals surface area contributed by atoms with E-state index in [0.717, 1.165) is 18.0 Å². The predicted octanol–water partition coefficient (Wildman–Crippen LogP) is 1.32. The van der Waals surface area contributed by atoms with Crippen LogP contribution in [0.4, 0.5) is 10.8 Å². The minimum Gasteiger partial charge on any atom is -0.490 e. The molecule has 84 valence electrons. The highest BCUT2D eigenvalue weighted by Gasteiger charge is 2.26. The zero-order valence-electron chi connectivity index (χ0n) is 8.82. The Morgan fingerprint density at radius 3 is 3.07 bits per heavy atom. The van der Waals surface area contributed by atoms with Gasteiger partial charge in [0.25, 0.3) is 0 Å². The van der Waals surface area contributed by atoms with Gasteiger partial charge in [0, 0.05) is 6.61 Å². The maximum Gasteiger partial charge on any atom is 0.197 e. The lowest BCUT2D eigenvalue weighted by Crippen LogP contribution is -2.26. The molecule has 0 aromatic carbocycles. The van der Waals surface area contributed by atoms with Gasteiger partial charge in [-0.05, 0) is 24.9 Å². The minimum atomic E-state index is 0.220. The van der Waals surface area contributed by atoms with Crippen molar-refractivity contribution in [3.8, 4) is 5.75 Å². The van der Waals surface area contributed by atoms with E-state index in [9.17, 15) is 0 Å². The van der Waals surface area contributed by atoms with Crippen LogP contribution in [0.15, 0.2) is 0 Å². The van der Waals surface area contributed by atoms with Crippen molar-refractivity contribution in [2.75, 3.05) is 24.8 Å². The van der Waals surface area contributed by atoms with Crippen LogP contribution < -0.4 is 15.8 Å². The van der Waals surface area contributed by atoms with E-state index in [-0.39, 0.29) is 6.10 Å². The fraction of sp³-hybridized carbons (Fsp3) is 0.667. The number of aromatic nitrogens is 1. The van der Waals surface area contributed by atoms with Crippen LogP contribution >= 0.6 is 11.5 Å². The smallest absolute Gasteiger partial charge is 0.197 e. The summed E-state index contributed by atoms with van der Waals surface area (Å²) in [6.07, 6.45) is 1.22. The number of nitrogens with zero attached hydrogens (tertiary/aromatic N) is 1. The van der Waals surface area contributed by atoms with E-state index in [0.29, 0.717) is 17.6 Å². The molecule has 1 saturated heterocycles. The van der Waals surface area contributed by atoms with Gasteiger partial charge in [-0.15, -0.1) is 0 Å². The van der Waals surface area contributed by atoms with Crippen molar-refractivity contribution in [2.45, 2.75) is 25.5 Å². The largest absolute Gasteiger partial charge is 0.490 e. The molecule has 2 atom stereocenters. The van der Waals surface area contributed by atoms with Gasteiger partial charge in [0.1, 0.15) is 0 Å². The molecule has 0 amide bonds. The van der Waals surface area contributed by atoms with Gasteiger partial charge in [0.15, 0.2) is 16.6 Å². The van der Waals surface area contributed by atoms with E-state index in [1.54, 1.807) is 7.11 Å². The molecule has 0 radical (unpaired) electrons. The van der Waals surface area contributed by atoms with E-state index in [1.165, 1.54) is 11.5 Å². The van der Waals surface area contributed by atoms with Crippen molar-refractivity contribution in [3.05, 3.63) is 0 Å². The first-order valence-electron chi connectivity index (χ1n) is 4.89. The molecule has 6 heteroatoms. The van der Waals surface area contributed by atoms with Crippen molar-refractivity contribution in [1.82, 2.24) is 4.37 Å². The van der Waals surface area contributed by atoms with E-state index in [2.05, 4.69) is 16.6 Å². The Morgan fingerprint density at radius 2 is 2.47 bits per heavy atom. The summed E-state index contributed by atoms with van der Waals surface area (Å²) < 4.78 is 14.7. The van der Waals surface area contributed by atoms with E-state index >= 15 is 0 Å². The van der Waals surface area contributed by atoms with Gasteiger partial charge in [-0.25, -0.2) is 0 Å². The highest BCUT2D eigenvalue weighted by Crippen LogP contribution is 2.36. The third kappa shape index (κ3) is 2.00. The monoisotopic (exact) mass is 229 g/mol. The number of anilines is 2. The van der Waals surface area contributed by atoms with Gasteiger partial charge in [-0.3, -0.25) is 0 Å². The van der Waals surface area contributed by atoms with Crippen LogP contribution in [0.3, 0.4) is 0 Å². The normalized spacial score (nSPS) is 25.5. The van der Waals surface area contributed by atoms with Crippen molar-refractivity contribution in [3.63, 3.8) is 0 Å². The average molecular weight is 229 g/mol. The summed E-state index contributed by atoms with van der Waals surface area (Å²) >= 11 is 1.32. The fourth-order valence-corrected chi connectivity index (χ4v) is 2.42. The van der Waals surface area contributed by atoms with E-state index < -0.39 is 0 Å². The van der Waals surface area contributed by atoms with Crippen LogP contribution in [-0.4, -0.2) is 30.2 Å². The van der Waals surface area contributed by atoms with Crippen molar-refractivity contribution in [2.24, 2.45) is 0 Å². The summed E-state index contributed by atoms with van der Waals surface area (Å²) in [5.74, 6) is 1.08. The van der Waals surface area contributed by atoms with Crippen LogP contribution in [0.2, 0.25) is 0 Å². The summed E-state index contributed by atoms with van der Waals surface area (Å²) in [4.78, 5) is 0. The molecule has 1 aromatic rings. The molecule has 2 heterocycles. The lowest BCUT2D eigenvalue weighted by molar-refractivity contribution is 0.121. The molecule has 3 N–H and O–H groups in total. The third-order valence-electron chi connectivity index (χ3n) is 2.57. The Hall–Kier alpha value is -1.01. The molecule has 0 aliphatic carbocycles. The summed E-state index contributed by atoms with van der Waals surface area (Å²) in [5, 5.41) is 4.24. The zero-order valence-corrected chi connectivity index (χ0v) is 9.63. The summed E-state index contributed by atoms with van der Waals surface area (Å²) in [6.45, 7) is 2.86. The quantitative estimate of drug-likeness (QED) is 0.818. The fourth-order valence-electron chi connectivity index (χ4n) is 1.67. The Kier molecular flexibility index (Phi) is 2.97. The molecular formula is C9H15N3O2S. The Labute approximate surface area is 92.7 Å². The number of hydrogen-bond acceptors (Lipinski definition) is 6. The molecule has 1 aliphatic heterocycles. The third-order valence-corrected chi connectivity index (χ3v) is 3.34. The zero-order chi connectivity index (χ0) is 10.8. The van der Waals surface area contributed by atoms with Gasteiger partial charge in [-0.1, -0.05) is 0 Å². The van der Waals surface area contributed by atoms with Crippen LogP contribution in [-0.2, 0) is 4.74 Å². The second-order valence-corrected chi connectivity index (χ2v) is 4.32. The van der Waals surface area contributed by atoms with Crippen molar-refractivity contribution in [1.29, 1.82) is 0 Å². The SMILES string of the molecule is COc1c(N)nsc1NC1CCOC1C. The first-order valence-corrected chi connectivity index (χ1v) is 5.67. The molecule has 0 spiro atoms. The standard InChI is InChI=1S/C9H15N3O2S/c1-5-6(3-4-14-5)11-9-7(13-2)8(10)12-15-9/h5-6,11H,3-4H2,1-2H3,(H2,10,12). The number of methoxy groups -OCH3 is 1. The summed E-state index contributed by atoms with van der Waals surface area (Å²) in [6, 6.07) is 0.318. The number of ether oxygens (including phenoxy) is 2. The minimum absolute atomic E-state index is 0.220. The first kappa shape index (κ1) is 10.5. The topological polar surface area (TPSA) is 69.4 Å². The van der Waals surface area contributed by atoms with Crippen LogP contribution in [0, 0.1) is 0 Å². The lowest BCUT2D eigenvalue weighted by atomic mass is 10.1. The molecule has 0 saturated carbocycles. The number of hydrogen-bond donors (Lipinski definition) is 2. The van der Waals surface area contributed by atoms with Gasteiger partial charge in [-0.2, -0.15) is 4.37 Å². The molecular weight excluding hydrogens is 214 g/mol. The molecule has 1 fully saturated rings. The van der Waals surface area contributed by atoms with Gasteiger partial charge in [0.05, 0.1) is 19.3 Å². The van der Waals surface area contributed by atoms with Gasteiger partial charge >= 0.3 is 0 Å². The van der Waals surface area contributed by atoms with E-state index in [1.807, 2.05) is 0 Å². The van der Waals surface area contributed by atoms with Crippen molar-refractivity contribution >= 4 is 22.4 Å². The molecule has 2 rings (SSSR count). The Bertz CT molecular complexity index is 342. The number of nitrogen functional groups attached to an aromatic ring is 1. The number of nitrogens with one attached hydrogen (secondary N) is 1. The second-order valence-electron chi connectivity index (χ2n) is 3.55. The second kappa shape index (κ2) is 4.24. The molecule has 15 heavy (non-hydrogen) atoms. The van der Waals surface area contributed by atoms with Gasteiger partial charge < -0.3 is 20.5 Å². The highest BCUT2D eigenvalue weighted by molar-refractivity contribution is 7.11. The number of nitrogens with two attached hydrogens (primary N) is 1. The van der Waals surface area contributed by atoms with Gasteiger partial charge in [0.2, 0.25) is 0 Å². The maximum atomic E-state index is 5.66. The van der Waals surface area contributed by atoms with Crippen LogP contribution in [0.5, 0.6) is 5.75 Å².